The lowest BCUT2D eigenvalue weighted by molar-refractivity contribution is 0.0940. The molecule has 0 radical (unpaired) electrons. The highest BCUT2D eigenvalue weighted by atomic mass is 35.5. The van der Waals surface area contributed by atoms with E-state index in [0.717, 1.165) is 41.0 Å². The molecule has 4 N–H and O–H groups in total. The van der Waals surface area contributed by atoms with E-state index in [4.69, 9.17) is 16.7 Å². The van der Waals surface area contributed by atoms with Gasteiger partial charge in [0.2, 0.25) is 0 Å². The summed E-state index contributed by atoms with van der Waals surface area (Å²) in [5.41, 5.74) is 4.46. The van der Waals surface area contributed by atoms with Crippen LogP contribution in [0, 0.1) is 6.92 Å². The number of aliphatic hydroxyl groups is 1. The number of fused-ring (bicyclic) bond motifs is 1. The summed E-state index contributed by atoms with van der Waals surface area (Å²) in [5, 5.41) is 25.3. The van der Waals surface area contributed by atoms with Gasteiger partial charge in [0.1, 0.15) is 0 Å². The number of hydrogen-bond acceptors (Lipinski definition) is 6. The van der Waals surface area contributed by atoms with Crippen LogP contribution in [0.15, 0.2) is 54.7 Å². The molecule has 36 heavy (non-hydrogen) atoms. The van der Waals surface area contributed by atoms with Crippen LogP contribution in [0.3, 0.4) is 0 Å². The van der Waals surface area contributed by atoms with E-state index in [1.54, 1.807) is 24.6 Å². The zero-order chi connectivity index (χ0) is 25.4. The van der Waals surface area contributed by atoms with Gasteiger partial charge in [0, 0.05) is 40.5 Å². The maximum atomic E-state index is 12.6. The SMILES string of the molecule is Cc1cc(-c2cnc3c(NCC(C)(C)O)cc(Nc4cccc(Cl)c4)nn23)ccc1C(=O)NC1CC1. The number of amides is 1. The van der Waals surface area contributed by atoms with E-state index in [1.165, 1.54) is 0 Å². The number of imidazole rings is 1. The molecule has 8 nitrogen and oxygen atoms in total. The third-order valence-electron chi connectivity index (χ3n) is 5.96. The van der Waals surface area contributed by atoms with Gasteiger partial charge in [-0.1, -0.05) is 23.7 Å². The first kappa shape index (κ1) is 24.1. The Labute approximate surface area is 214 Å². The molecule has 2 aromatic heterocycles. The Morgan fingerprint density at radius 1 is 1.19 bits per heavy atom. The van der Waals surface area contributed by atoms with Crippen LogP contribution in [0.1, 0.15) is 42.6 Å². The van der Waals surface area contributed by atoms with Gasteiger partial charge < -0.3 is 21.1 Å². The second kappa shape index (κ2) is 9.44. The fraction of sp³-hybridized carbons (Fsp3) is 0.296. The maximum Gasteiger partial charge on any atom is 0.251 e. The van der Waals surface area contributed by atoms with E-state index in [2.05, 4.69) is 20.9 Å². The zero-order valence-electron chi connectivity index (χ0n) is 20.5. The fourth-order valence-corrected chi connectivity index (χ4v) is 4.14. The van der Waals surface area contributed by atoms with Crippen LogP contribution in [0.25, 0.3) is 16.9 Å². The van der Waals surface area contributed by atoms with E-state index in [9.17, 15) is 9.90 Å². The number of aryl methyl sites for hydroxylation is 1. The van der Waals surface area contributed by atoms with E-state index in [0.29, 0.717) is 34.6 Å². The van der Waals surface area contributed by atoms with Crippen molar-refractivity contribution in [2.45, 2.75) is 45.3 Å². The number of halogens is 1. The normalized spacial score (nSPS) is 13.6. The minimum absolute atomic E-state index is 0.0380. The van der Waals surface area contributed by atoms with Crippen LogP contribution in [0.4, 0.5) is 17.2 Å². The van der Waals surface area contributed by atoms with Gasteiger partial charge in [0.25, 0.3) is 5.91 Å². The van der Waals surface area contributed by atoms with E-state index in [-0.39, 0.29) is 5.91 Å². The number of carbonyl (C=O) groups is 1. The third-order valence-corrected chi connectivity index (χ3v) is 6.19. The molecular formula is C27H29ClN6O2. The molecule has 9 heteroatoms. The first-order chi connectivity index (χ1) is 17.2. The van der Waals surface area contributed by atoms with Crippen molar-refractivity contribution in [2.75, 3.05) is 17.2 Å². The molecule has 0 saturated heterocycles. The third kappa shape index (κ3) is 5.45. The van der Waals surface area contributed by atoms with Crippen LogP contribution in [0.5, 0.6) is 0 Å². The Morgan fingerprint density at radius 3 is 2.69 bits per heavy atom. The molecule has 0 unspecified atom stereocenters. The number of aromatic nitrogens is 3. The topological polar surface area (TPSA) is 104 Å². The summed E-state index contributed by atoms with van der Waals surface area (Å²) < 4.78 is 1.76. The Hall–Kier alpha value is -3.62. The highest BCUT2D eigenvalue weighted by Gasteiger charge is 2.24. The predicted molar refractivity (Wildman–Crippen MR) is 143 cm³/mol. The maximum absolute atomic E-state index is 12.6. The number of rotatable bonds is 8. The highest BCUT2D eigenvalue weighted by molar-refractivity contribution is 6.30. The molecule has 5 rings (SSSR count). The Balaban J connectivity index is 1.54. The van der Waals surface area contributed by atoms with Crippen molar-refractivity contribution < 1.29 is 9.90 Å². The Bertz CT molecular complexity index is 1440. The van der Waals surface area contributed by atoms with Crippen LogP contribution in [0.2, 0.25) is 5.02 Å². The van der Waals surface area contributed by atoms with Crippen molar-refractivity contribution in [3.05, 3.63) is 70.9 Å². The first-order valence-corrected chi connectivity index (χ1v) is 12.3. The second-order valence-corrected chi connectivity index (χ2v) is 10.3. The summed E-state index contributed by atoms with van der Waals surface area (Å²) in [6, 6.07) is 15.3. The average Bonchev–Trinajstić information content (AvgIpc) is 3.52. The van der Waals surface area contributed by atoms with Gasteiger partial charge in [0.15, 0.2) is 11.5 Å². The number of nitrogens with zero attached hydrogens (tertiary/aromatic N) is 3. The number of anilines is 3. The van der Waals surface area contributed by atoms with Gasteiger partial charge in [-0.15, -0.1) is 5.10 Å². The fourth-order valence-electron chi connectivity index (χ4n) is 3.95. The van der Waals surface area contributed by atoms with Crippen LogP contribution in [-0.4, -0.2) is 43.8 Å². The highest BCUT2D eigenvalue weighted by Crippen LogP contribution is 2.29. The van der Waals surface area contributed by atoms with Gasteiger partial charge in [-0.25, -0.2) is 9.50 Å². The molecule has 0 bridgehead atoms. The molecule has 1 fully saturated rings. The number of hydrogen-bond donors (Lipinski definition) is 4. The zero-order valence-corrected chi connectivity index (χ0v) is 21.2. The van der Waals surface area contributed by atoms with Crippen molar-refractivity contribution in [1.82, 2.24) is 19.9 Å². The van der Waals surface area contributed by atoms with Crippen molar-refractivity contribution in [3.63, 3.8) is 0 Å². The van der Waals surface area contributed by atoms with E-state index < -0.39 is 5.60 Å². The summed E-state index contributed by atoms with van der Waals surface area (Å²) in [6.45, 7) is 5.74. The molecular weight excluding hydrogens is 476 g/mol. The minimum atomic E-state index is -0.912. The predicted octanol–water partition coefficient (Wildman–Crippen LogP) is 5.18. The average molecular weight is 505 g/mol. The molecule has 2 heterocycles. The molecule has 1 amide bonds. The number of nitrogens with one attached hydrogen (secondary N) is 3. The van der Waals surface area contributed by atoms with Crippen LogP contribution in [-0.2, 0) is 0 Å². The summed E-state index contributed by atoms with van der Waals surface area (Å²) in [5.74, 6) is 0.545. The van der Waals surface area contributed by atoms with Crippen molar-refractivity contribution in [3.8, 4) is 11.3 Å². The standard InChI is InChI=1S/C27H29ClN6O2/c1-16-11-17(7-10-21(16)26(35)32-19-8-9-19)23-14-29-25-22(30-15-27(2,3)36)13-24(33-34(23)25)31-20-6-4-5-18(28)12-20/h4-7,10-14,19,30,36H,8-9,15H2,1-3H3,(H,31,33)(H,32,35). The molecule has 0 aliphatic heterocycles. The second-order valence-electron chi connectivity index (χ2n) is 9.90. The van der Waals surface area contributed by atoms with Gasteiger partial charge >= 0.3 is 0 Å². The quantitative estimate of drug-likeness (QED) is 0.264. The minimum Gasteiger partial charge on any atom is -0.389 e. The Morgan fingerprint density at radius 2 is 2.00 bits per heavy atom. The van der Waals surface area contributed by atoms with Gasteiger partial charge in [0.05, 0.1) is 23.2 Å². The lowest BCUT2D eigenvalue weighted by Gasteiger charge is -2.19. The van der Waals surface area contributed by atoms with Crippen LogP contribution >= 0.6 is 11.6 Å². The number of benzene rings is 2. The van der Waals surface area contributed by atoms with Crippen molar-refractivity contribution >= 4 is 40.3 Å². The van der Waals surface area contributed by atoms with Gasteiger partial charge in [-0.3, -0.25) is 4.79 Å². The summed E-state index contributed by atoms with van der Waals surface area (Å²) in [4.78, 5) is 17.2. The van der Waals surface area contributed by atoms with E-state index in [1.807, 2.05) is 55.5 Å². The molecule has 0 atom stereocenters. The Kier molecular flexibility index (Phi) is 6.32. The summed E-state index contributed by atoms with van der Waals surface area (Å²) in [7, 11) is 0. The van der Waals surface area contributed by atoms with Crippen molar-refractivity contribution in [2.24, 2.45) is 0 Å². The molecule has 1 aliphatic carbocycles. The monoisotopic (exact) mass is 504 g/mol. The van der Waals surface area contributed by atoms with E-state index >= 15 is 0 Å². The van der Waals surface area contributed by atoms with Crippen molar-refractivity contribution in [1.29, 1.82) is 0 Å². The van der Waals surface area contributed by atoms with Crippen LogP contribution < -0.4 is 16.0 Å². The van der Waals surface area contributed by atoms with Gasteiger partial charge in [-0.2, -0.15) is 0 Å². The lowest BCUT2D eigenvalue weighted by Crippen LogP contribution is -2.29. The van der Waals surface area contributed by atoms with Gasteiger partial charge in [-0.05, 0) is 69.5 Å². The molecule has 2 aromatic carbocycles. The molecule has 1 saturated carbocycles. The molecule has 0 spiro atoms. The first-order valence-electron chi connectivity index (χ1n) is 12.0. The summed E-state index contributed by atoms with van der Waals surface area (Å²) in [6.07, 6.45) is 3.86. The largest absolute Gasteiger partial charge is 0.389 e. The summed E-state index contributed by atoms with van der Waals surface area (Å²) >= 11 is 6.16. The smallest absolute Gasteiger partial charge is 0.251 e. The molecule has 1 aliphatic rings. The molecule has 4 aromatic rings. The lowest BCUT2D eigenvalue weighted by atomic mass is 10.0. The molecule has 186 valence electrons. The number of carbonyl (C=O) groups excluding carboxylic acids is 1.